The van der Waals surface area contributed by atoms with Gasteiger partial charge in [0.15, 0.2) is 0 Å². The van der Waals surface area contributed by atoms with Gasteiger partial charge in [-0.05, 0) is 61.2 Å². The highest BCUT2D eigenvalue weighted by atomic mass is 35.5. The molecule has 0 saturated heterocycles. The molecule has 0 spiro atoms. The summed E-state index contributed by atoms with van der Waals surface area (Å²) in [5.41, 5.74) is 3.26. The third-order valence-electron chi connectivity index (χ3n) is 6.65. The van der Waals surface area contributed by atoms with Gasteiger partial charge in [0.25, 0.3) is 0 Å². The van der Waals surface area contributed by atoms with Crippen LogP contribution >= 0.6 is 34.7 Å². The summed E-state index contributed by atoms with van der Waals surface area (Å²) in [4.78, 5) is 29.5. The fourth-order valence-corrected chi connectivity index (χ4v) is 6.78. The number of anilines is 1. The van der Waals surface area contributed by atoms with Crippen molar-refractivity contribution in [2.24, 2.45) is 0 Å². The molecule has 0 aliphatic carbocycles. The molecule has 5 rings (SSSR count). The number of benzene rings is 2. The van der Waals surface area contributed by atoms with Gasteiger partial charge >= 0.3 is 0 Å². The topological polar surface area (TPSA) is 76.5 Å². The van der Waals surface area contributed by atoms with Crippen LogP contribution in [0.1, 0.15) is 36.0 Å². The summed E-state index contributed by atoms with van der Waals surface area (Å²) in [5, 5.41) is 10.6. The second kappa shape index (κ2) is 11.9. The maximum absolute atomic E-state index is 13.7. The number of hydrogen-bond donors (Lipinski definition) is 1. The van der Waals surface area contributed by atoms with Gasteiger partial charge in [-0.3, -0.25) is 14.5 Å². The molecule has 1 aliphatic rings. The number of fused-ring (bicyclic) bond motifs is 1. The Hall–Kier alpha value is -3.27. The van der Waals surface area contributed by atoms with Gasteiger partial charge in [-0.2, -0.15) is 5.10 Å². The van der Waals surface area contributed by atoms with E-state index in [1.165, 1.54) is 0 Å². The van der Waals surface area contributed by atoms with E-state index in [1.54, 1.807) is 39.8 Å². The van der Waals surface area contributed by atoms with E-state index in [0.717, 1.165) is 33.8 Å². The van der Waals surface area contributed by atoms with Gasteiger partial charge in [0, 0.05) is 27.1 Å². The zero-order valence-electron chi connectivity index (χ0n) is 21.9. The van der Waals surface area contributed by atoms with Crippen molar-refractivity contribution in [1.82, 2.24) is 15.1 Å². The van der Waals surface area contributed by atoms with Crippen LogP contribution in [0.4, 0.5) is 5.82 Å². The zero-order chi connectivity index (χ0) is 27.5. The third-order valence-corrected chi connectivity index (χ3v) is 9.22. The smallest absolute Gasteiger partial charge is 0.240 e. The molecule has 0 saturated carbocycles. The third kappa shape index (κ3) is 5.71. The second-order valence-electron chi connectivity index (χ2n) is 9.27. The number of thiophene rings is 1. The molecule has 202 valence electrons. The van der Waals surface area contributed by atoms with Crippen LogP contribution in [0.5, 0.6) is 5.75 Å². The van der Waals surface area contributed by atoms with E-state index in [-0.39, 0.29) is 35.4 Å². The number of nitrogens with zero attached hydrogens (tertiary/aromatic N) is 3. The highest BCUT2D eigenvalue weighted by Gasteiger charge is 2.38. The predicted octanol–water partition coefficient (Wildman–Crippen LogP) is 6.35. The van der Waals surface area contributed by atoms with Crippen molar-refractivity contribution < 1.29 is 14.3 Å². The van der Waals surface area contributed by atoms with Crippen molar-refractivity contribution in [2.45, 2.75) is 31.6 Å². The molecular weight excluding hydrogens is 552 g/mol. The van der Waals surface area contributed by atoms with Gasteiger partial charge in [0.2, 0.25) is 11.8 Å². The molecule has 4 aromatic rings. The van der Waals surface area contributed by atoms with E-state index in [9.17, 15) is 9.59 Å². The lowest BCUT2D eigenvalue weighted by molar-refractivity contribution is -0.123. The molecule has 1 aliphatic heterocycles. The minimum absolute atomic E-state index is 0.00317. The fraction of sp³-hybridized carbons (Fsp3) is 0.276. The lowest BCUT2D eigenvalue weighted by atomic mass is 10.0. The van der Waals surface area contributed by atoms with Gasteiger partial charge in [-0.1, -0.05) is 36.7 Å². The van der Waals surface area contributed by atoms with Crippen LogP contribution in [0, 0.1) is 0 Å². The lowest BCUT2D eigenvalue weighted by Crippen LogP contribution is -2.44. The molecule has 2 aromatic carbocycles. The zero-order valence-corrected chi connectivity index (χ0v) is 24.3. The Kier molecular flexibility index (Phi) is 8.30. The number of rotatable bonds is 8. The predicted molar refractivity (Wildman–Crippen MR) is 159 cm³/mol. The van der Waals surface area contributed by atoms with Gasteiger partial charge in [0.1, 0.15) is 18.1 Å². The molecular formula is C29H29ClN4O3S2. The van der Waals surface area contributed by atoms with Gasteiger partial charge in [0.05, 0.1) is 29.5 Å². The van der Waals surface area contributed by atoms with E-state index in [0.29, 0.717) is 16.6 Å². The van der Waals surface area contributed by atoms with Gasteiger partial charge in [-0.25, -0.2) is 4.68 Å². The van der Waals surface area contributed by atoms with Gasteiger partial charge in [-0.15, -0.1) is 23.1 Å². The van der Waals surface area contributed by atoms with Crippen molar-refractivity contribution >= 4 is 52.3 Å². The monoisotopic (exact) mass is 580 g/mol. The minimum Gasteiger partial charge on any atom is -0.497 e. The van der Waals surface area contributed by atoms with Crippen molar-refractivity contribution in [2.75, 3.05) is 24.3 Å². The molecule has 2 atom stereocenters. The van der Waals surface area contributed by atoms with E-state index >= 15 is 0 Å². The number of halogens is 1. The molecule has 0 fully saturated rings. The molecule has 1 N–H and O–H groups in total. The van der Waals surface area contributed by atoms with Crippen molar-refractivity contribution in [3.8, 4) is 22.7 Å². The number of methoxy groups -OCH3 is 1. The Labute approximate surface area is 241 Å². The average molecular weight is 581 g/mol. The highest BCUT2D eigenvalue weighted by Crippen LogP contribution is 2.49. The van der Waals surface area contributed by atoms with Crippen LogP contribution in [0.15, 0.2) is 66.0 Å². The van der Waals surface area contributed by atoms with Crippen LogP contribution in [0.2, 0.25) is 5.02 Å². The number of carbonyl (C=O) groups is 2. The highest BCUT2D eigenvalue weighted by molar-refractivity contribution is 8.00. The summed E-state index contributed by atoms with van der Waals surface area (Å²) in [5.74, 6) is 1.19. The largest absolute Gasteiger partial charge is 0.497 e. The molecule has 2 unspecified atom stereocenters. The average Bonchev–Trinajstić information content (AvgIpc) is 3.59. The standard InChI is InChI=1S/C29H29ClN4O3S2/c1-4-18(2)31-24(35)16-33-25(36)17-39-28(23-6-5-15-38-23)26-27(19-7-9-20(30)10-8-19)32-34(29(26)33)21-11-13-22(37-3)14-12-21/h5-15,18,28H,4,16-17H2,1-3H3,(H,31,35). The van der Waals surface area contributed by atoms with Crippen molar-refractivity contribution in [3.63, 3.8) is 0 Å². The van der Waals surface area contributed by atoms with E-state index < -0.39 is 0 Å². The van der Waals surface area contributed by atoms with E-state index in [2.05, 4.69) is 11.4 Å². The SMILES string of the molecule is CCC(C)NC(=O)CN1C(=O)CSC(c2cccs2)c2c(-c3ccc(Cl)cc3)nn(-c3ccc(OC)cc3)c21. The van der Waals surface area contributed by atoms with Crippen molar-refractivity contribution in [3.05, 3.63) is 81.5 Å². The molecule has 39 heavy (non-hydrogen) atoms. The van der Waals surface area contributed by atoms with Crippen LogP contribution in [-0.4, -0.2) is 47.0 Å². The van der Waals surface area contributed by atoms with Crippen LogP contribution in [0.3, 0.4) is 0 Å². The number of carbonyl (C=O) groups excluding carboxylic acids is 2. The summed E-state index contributed by atoms with van der Waals surface area (Å²) in [6.07, 6.45) is 0.797. The summed E-state index contributed by atoms with van der Waals surface area (Å²) in [6.45, 7) is 3.87. The first-order valence-corrected chi connectivity index (χ1v) is 15.0. The van der Waals surface area contributed by atoms with E-state index in [1.807, 2.05) is 73.8 Å². The van der Waals surface area contributed by atoms with E-state index in [4.69, 9.17) is 21.4 Å². The molecule has 0 radical (unpaired) electrons. The molecule has 7 nitrogen and oxygen atoms in total. The first kappa shape index (κ1) is 27.3. The van der Waals surface area contributed by atoms with Crippen LogP contribution in [-0.2, 0) is 9.59 Å². The number of ether oxygens (including phenoxy) is 1. The second-order valence-corrected chi connectivity index (χ2v) is 11.8. The van der Waals surface area contributed by atoms with Crippen LogP contribution in [0.25, 0.3) is 16.9 Å². The summed E-state index contributed by atoms with van der Waals surface area (Å²) >= 11 is 9.42. The maximum Gasteiger partial charge on any atom is 0.240 e. The van der Waals surface area contributed by atoms with Crippen LogP contribution < -0.4 is 15.0 Å². The molecule has 0 bridgehead atoms. The Morgan fingerprint density at radius 2 is 1.92 bits per heavy atom. The quantitative estimate of drug-likeness (QED) is 0.263. The lowest BCUT2D eigenvalue weighted by Gasteiger charge is -2.24. The Balaban J connectivity index is 1.75. The number of hydrogen-bond acceptors (Lipinski definition) is 6. The first-order valence-electron chi connectivity index (χ1n) is 12.7. The fourth-order valence-electron chi connectivity index (χ4n) is 4.47. The number of amides is 2. The number of nitrogens with one attached hydrogen (secondary N) is 1. The Morgan fingerprint density at radius 1 is 1.18 bits per heavy atom. The molecule has 2 aromatic heterocycles. The molecule has 10 heteroatoms. The maximum atomic E-state index is 13.7. The molecule has 3 heterocycles. The summed E-state index contributed by atoms with van der Waals surface area (Å²) < 4.78 is 7.14. The summed E-state index contributed by atoms with van der Waals surface area (Å²) in [7, 11) is 1.62. The molecule has 2 amide bonds. The Bertz CT molecular complexity index is 1450. The normalized spacial score (nSPS) is 15.9. The van der Waals surface area contributed by atoms with Crippen molar-refractivity contribution in [1.29, 1.82) is 0 Å². The summed E-state index contributed by atoms with van der Waals surface area (Å²) in [6, 6.07) is 19.2. The number of aromatic nitrogens is 2. The first-order chi connectivity index (χ1) is 18.9. The minimum atomic E-state index is -0.209. The number of thioether (sulfide) groups is 1. The Morgan fingerprint density at radius 3 is 2.56 bits per heavy atom. The van der Waals surface area contributed by atoms with Gasteiger partial charge < -0.3 is 10.1 Å².